The molecule has 0 spiro atoms. The molecule has 3 aromatic rings. The van der Waals surface area contributed by atoms with Crippen LogP contribution in [0.25, 0.3) is 11.3 Å². The standard InChI is InChI=1S/C21H22ClF2N5OSi/c1-31(2,3)8-7-30-12-29-20-13-9-18(22)25-10-16(13)27-21(28-17(20)11-26-29)19-14(23)5-4-6-15(19)24/h4-6,9-11H,7-8,12H2,1-3H3,(H,27,28). The minimum Gasteiger partial charge on any atom is -0.360 e. The van der Waals surface area contributed by atoms with E-state index in [9.17, 15) is 8.78 Å². The van der Waals surface area contributed by atoms with E-state index >= 15 is 0 Å². The highest BCUT2D eigenvalue weighted by Gasteiger charge is 2.25. The third-order valence-corrected chi connectivity index (χ3v) is 6.75. The predicted molar refractivity (Wildman–Crippen MR) is 121 cm³/mol. The number of halogens is 3. The number of anilines is 1. The van der Waals surface area contributed by atoms with Crippen LogP contribution in [0, 0.1) is 11.6 Å². The molecule has 0 aliphatic carbocycles. The summed E-state index contributed by atoms with van der Waals surface area (Å²) >= 11 is 6.14. The fourth-order valence-corrected chi connectivity index (χ4v) is 4.12. The lowest BCUT2D eigenvalue weighted by atomic mass is 10.1. The van der Waals surface area contributed by atoms with Crippen molar-refractivity contribution >= 4 is 36.9 Å². The number of nitrogens with one attached hydrogen (secondary N) is 1. The van der Waals surface area contributed by atoms with Crippen LogP contribution in [0.4, 0.5) is 20.2 Å². The Morgan fingerprint density at radius 2 is 1.90 bits per heavy atom. The second-order valence-corrected chi connectivity index (χ2v) is 14.5. The van der Waals surface area contributed by atoms with Crippen LogP contribution in [0.3, 0.4) is 0 Å². The molecule has 0 saturated carbocycles. The number of hydrogen-bond acceptors (Lipinski definition) is 5. The number of nitrogens with zero attached hydrogens (tertiary/aromatic N) is 4. The van der Waals surface area contributed by atoms with E-state index in [0.717, 1.165) is 6.04 Å². The summed E-state index contributed by atoms with van der Waals surface area (Å²) in [4.78, 5) is 8.54. The monoisotopic (exact) mass is 461 g/mol. The van der Waals surface area contributed by atoms with Crippen molar-refractivity contribution in [1.82, 2.24) is 14.8 Å². The number of pyridine rings is 1. The molecule has 3 heterocycles. The van der Waals surface area contributed by atoms with Gasteiger partial charge in [-0.15, -0.1) is 0 Å². The average Bonchev–Trinajstić information content (AvgIpc) is 3.00. The normalized spacial score (nSPS) is 13.2. The molecule has 10 heteroatoms. The highest BCUT2D eigenvalue weighted by Crippen LogP contribution is 2.39. The minimum absolute atomic E-state index is 0.0268. The number of amidine groups is 1. The van der Waals surface area contributed by atoms with E-state index in [1.165, 1.54) is 24.4 Å². The number of fused-ring (bicyclic) bond motifs is 3. The van der Waals surface area contributed by atoms with E-state index in [1.807, 2.05) is 0 Å². The number of ether oxygens (including phenoxy) is 1. The van der Waals surface area contributed by atoms with Crippen LogP contribution in [-0.4, -0.2) is 35.3 Å². The molecule has 0 bridgehead atoms. The topological polar surface area (TPSA) is 64.3 Å². The summed E-state index contributed by atoms with van der Waals surface area (Å²) in [5.41, 5.74) is 1.99. The van der Waals surface area contributed by atoms with E-state index in [0.29, 0.717) is 29.2 Å². The zero-order chi connectivity index (χ0) is 22.2. The molecule has 0 atom stereocenters. The second kappa shape index (κ2) is 8.49. The first-order chi connectivity index (χ1) is 14.7. The molecule has 1 N–H and O–H groups in total. The summed E-state index contributed by atoms with van der Waals surface area (Å²) in [5, 5.41) is 7.71. The molecule has 1 aliphatic heterocycles. The summed E-state index contributed by atoms with van der Waals surface area (Å²) in [5.74, 6) is -1.42. The maximum Gasteiger partial charge on any atom is 0.144 e. The van der Waals surface area contributed by atoms with Gasteiger partial charge in [-0.25, -0.2) is 23.4 Å². The summed E-state index contributed by atoms with van der Waals surface area (Å²) in [7, 11) is -1.22. The van der Waals surface area contributed by atoms with Crippen molar-refractivity contribution in [2.75, 3.05) is 11.9 Å². The first kappa shape index (κ1) is 21.6. The SMILES string of the molecule is C[Si](C)(C)CCOCn1ncc2c1-c1cc(Cl)ncc1N=C(c1c(F)cccc1F)N2. The number of hydrogen-bond donors (Lipinski definition) is 1. The molecule has 2 aromatic heterocycles. The Morgan fingerprint density at radius 1 is 1.16 bits per heavy atom. The molecular formula is C21H22ClF2N5OSi. The predicted octanol–water partition coefficient (Wildman–Crippen LogP) is 5.69. The highest BCUT2D eigenvalue weighted by atomic mass is 35.5. The Kier molecular flexibility index (Phi) is 5.91. The smallest absolute Gasteiger partial charge is 0.144 e. The van der Waals surface area contributed by atoms with Gasteiger partial charge in [0.2, 0.25) is 0 Å². The van der Waals surface area contributed by atoms with Crippen molar-refractivity contribution < 1.29 is 13.5 Å². The van der Waals surface area contributed by atoms with Crippen molar-refractivity contribution in [2.24, 2.45) is 4.99 Å². The van der Waals surface area contributed by atoms with Crippen LogP contribution in [0.5, 0.6) is 0 Å². The third kappa shape index (κ3) is 4.68. The molecule has 1 aromatic carbocycles. The van der Waals surface area contributed by atoms with Gasteiger partial charge in [0.1, 0.15) is 29.4 Å². The lowest BCUT2D eigenvalue weighted by Gasteiger charge is -2.16. The molecule has 162 valence electrons. The van der Waals surface area contributed by atoms with Crippen LogP contribution in [0.15, 0.2) is 41.7 Å². The summed E-state index contributed by atoms with van der Waals surface area (Å²) in [6.07, 6.45) is 3.05. The average molecular weight is 462 g/mol. The lowest BCUT2D eigenvalue weighted by molar-refractivity contribution is 0.0798. The first-order valence-electron chi connectivity index (χ1n) is 9.82. The van der Waals surface area contributed by atoms with Crippen LogP contribution in [-0.2, 0) is 11.5 Å². The molecular weight excluding hydrogens is 440 g/mol. The van der Waals surface area contributed by atoms with Gasteiger partial charge in [-0.3, -0.25) is 0 Å². The van der Waals surface area contributed by atoms with Gasteiger partial charge in [0.05, 0.1) is 35.0 Å². The highest BCUT2D eigenvalue weighted by molar-refractivity contribution is 6.76. The van der Waals surface area contributed by atoms with Crippen LogP contribution < -0.4 is 5.32 Å². The van der Waals surface area contributed by atoms with E-state index in [1.54, 1.807) is 16.9 Å². The van der Waals surface area contributed by atoms with Gasteiger partial charge in [0.15, 0.2) is 0 Å². The molecule has 4 rings (SSSR count). The lowest BCUT2D eigenvalue weighted by Crippen LogP contribution is -2.22. The molecule has 6 nitrogen and oxygen atoms in total. The van der Waals surface area contributed by atoms with Gasteiger partial charge in [-0.2, -0.15) is 5.10 Å². The van der Waals surface area contributed by atoms with E-state index in [-0.39, 0.29) is 23.3 Å². The zero-order valence-electron chi connectivity index (χ0n) is 17.4. The first-order valence-corrected chi connectivity index (χ1v) is 13.9. The van der Waals surface area contributed by atoms with Crippen molar-refractivity contribution in [1.29, 1.82) is 0 Å². The Balaban J connectivity index is 1.74. The van der Waals surface area contributed by atoms with Gasteiger partial charge < -0.3 is 10.1 Å². The quantitative estimate of drug-likeness (QED) is 0.291. The van der Waals surface area contributed by atoms with Gasteiger partial charge in [-0.1, -0.05) is 37.3 Å². The van der Waals surface area contributed by atoms with Gasteiger partial charge in [-0.05, 0) is 24.2 Å². The molecule has 0 fully saturated rings. The Labute approximate surface area is 184 Å². The maximum atomic E-state index is 14.5. The van der Waals surface area contributed by atoms with Crippen molar-refractivity contribution in [3.63, 3.8) is 0 Å². The van der Waals surface area contributed by atoms with Crippen LogP contribution in [0.1, 0.15) is 5.56 Å². The summed E-state index contributed by atoms with van der Waals surface area (Å²) in [6.45, 7) is 7.71. The Hall–Kier alpha value is -2.62. The molecule has 0 unspecified atom stereocenters. The fraction of sp³-hybridized carbons (Fsp3) is 0.286. The van der Waals surface area contributed by atoms with Crippen LogP contribution >= 0.6 is 11.6 Å². The van der Waals surface area contributed by atoms with Gasteiger partial charge in [0, 0.05) is 20.2 Å². The largest absolute Gasteiger partial charge is 0.360 e. The van der Waals surface area contributed by atoms with Crippen LogP contribution in [0.2, 0.25) is 30.8 Å². The van der Waals surface area contributed by atoms with Gasteiger partial charge >= 0.3 is 0 Å². The van der Waals surface area contributed by atoms with Crippen molar-refractivity contribution in [2.45, 2.75) is 32.4 Å². The second-order valence-electron chi connectivity index (χ2n) is 8.46. The van der Waals surface area contributed by atoms with E-state index in [2.05, 4.69) is 40.0 Å². The minimum atomic E-state index is -1.22. The molecule has 31 heavy (non-hydrogen) atoms. The van der Waals surface area contributed by atoms with Crippen molar-refractivity contribution in [3.05, 3.63) is 59.0 Å². The van der Waals surface area contributed by atoms with E-state index < -0.39 is 19.7 Å². The molecule has 0 radical (unpaired) electrons. The number of rotatable bonds is 6. The molecule has 0 saturated heterocycles. The zero-order valence-corrected chi connectivity index (χ0v) is 19.2. The van der Waals surface area contributed by atoms with Crippen molar-refractivity contribution in [3.8, 4) is 11.3 Å². The summed E-state index contributed by atoms with van der Waals surface area (Å²) in [6, 6.07) is 6.36. The molecule has 0 amide bonds. The third-order valence-electron chi connectivity index (χ3n) is 4.84. The number of aliphatic imine (C=N–C) groups is 1. The van der Waals surface area contributed by atoms with E-state index in [4.69, 9.17) is 16.3 Å². The molecule has 1 aliphatic rings. The number of aromatic nitrogens is 3. The Morgan fingerprint density at radius 3 is 2.61 bits per heavy atom. The Bertz CT molecular complexity index is 1140. The maximum absolute atomic E-state index is 14.5. The summed E-state index contributed by atoms with van der Waals surface area (Å²) < 4.78 is 36.4. The fourth-order valence-electron chi connectivity index (χ4n) is 3.21. The number of benzene rings is 1. The van der Waals surface area contributed by atoms with Gasteiger partial charge in [0.25, 0.3) is 0 Å².